The van der Waals surface area contributed by atoms with Crippen LogP contribution in [0.15, 0.2) is 23.5 Å². The minimum atomic E-state index is -1.99. The molecule has 8 heteroatoms. The molecular weight excluding hydrogens is 400 g/mol. The van der Waals surface area contributed by atoms with E-state index >= 15 is 0 Å². The van der Waals surface area contributed by atoms with Crippen LogP contribution in [0.3, 0.4) is 0 Å². The maximum absolute atomic E-state index is 11.9. The molecule has 0 amide bonds. The second kappa shape index (κ2) is 9.54. The number of carbonyl (C=O) groups is 1. The van der Waals surface area contributed by atoms with E-state index in [9.17, 15) is 4.79 Å². The molecule has 1 aromatic heterocycles. The molecule has 0 aromatic carbocycles. The number of thioether (sulfide) groups is 1. The van der Waals surface area contributed by atoms with Crippen molar-refractivity contribution in [3.8, 4) is 0 Å². The van der Waals surface area contributed by atoms with E-state index in [2.05, 4.69) is 43.8 Å². The standard InChI is InChI=1S/C19H31ClN2O3SSi/c1-9-24-15(23)10-11-19(5,13-25-27(7,8)18(2,3)4)14-12-21-17(26-6)22-16(14)20/h10-12H,9,13H2,1-8H3/b11-10+. The highest BCUT2D eigenvalue weighted by Gasteiger charge is 2.40. The van der Waals surface area contributed by atoms with Gasteiger partial charge in [-0.3, -0.25) is 0 Å². The van der Waals surface area contributed by atoms with Gasteiger partial charge in [-0.1, -0.05) is 50.2 Å². The van der Waals surface area contributed by atoms with Gasteiger partial charge in [0.2, 0.25) is 0 Å². The predicted molar refractivity (Wildman–Crippen MR) is 115 cm³/mol. The highest BCUT2D eigenvalue weighted by atomic mass is 35.5. The van der Waals surface area contributed by atoms with E-state index in [1.807, 2.05) is 13.2 Å². The number of carbonyl (C=O) groups excluding carboxylic acids is 1. The van der Waals surface area contributed by atoms with E-state index in [0.29, 0.717) is 23.5 Å². The topological polar surface area (TPSA) is 61.3 Å². The molecule has 0 aliphatic carbocycles. The monoisotopic (exact) mass is 430 g/mol. The van der Waals surface area contributed by atoms with Crippen molar-refractivity contribution in [2.75, 3.05) is 19.5 Å². The Kier molecular flexibility index (Phi) is 8.53. The van der Waals surface area contributed by atoms with Crippen molar-refractivity contribution in [3.63, 3.8) is 0 Å². The Morgan fingerprint density at radius 1 is 1.33 bits per heavy atom. The molecule has 0 aliphatic heterocycles. The van der Waals surface area contributed by atoms with Gasteiger partial charge in [0, 0.05) is 29.9 Å². The molecule has 0 N–H and O–H groups in total. The van der Waals surface area contributed by atoms with E-state index in [1.165, 1.54) is 17.8 Å². The fourth-order valence-electron chi connectivity index (χ4n) is 2.03. The second-order valence-corrected chi connectivity index (χ2v) is 14.1. The van der Waals surface area contributed by atoms with Crippen LogP contribution in [0.25, 0.3) is 0 Å². The average molecular weight is 431 g/mol. The van der Waals surface area contributed by atoms with Gasteiger partial charge in [-0.05, 0) is 38.2 Å². The Balaban J connectivity index is 3.26. The van der Waals surface area contributed by atoms with Crippen molar-refractivity contribution in [1.82, 2.24) is 9.97 Å². The van der Waals surface area contributed by atoms with E-state index in [4.69, 9.17) is 20.8 Å². The maximum Gasteiger partial charge on any atom is 0.330 e. The van der Waals surface area contributed by atoms with Gasteiger partial charge in [0.05, 0.1) is 6.61 Å². The molecule has 0 radical (unpaired) electrons. The third-order valence-corrected chi connectivity index (χ3v) is 10.3. The highest BCUT2D eigenvalue weighted by molar-refractivity contribution is 7.98. The summed E-state index contributed by atoms with van der Waals surface area (Å²) >= 11 is 7.88. The van der Waals surface area contributed by atoms with Gasteiger partial charge in [0.1, 0.15) is 5.15 Å². The van der Waals surface area contributed by atoms with Gasteiger partial charge >= 0.3 is 5.97 Å². The van der Waals surface area contributed by atoms with Crippen LogP contribution >= 0.6 is 23.4 Å². The van der Waals surface area contributed by atoms with Gasteiger partial charge in [0.15, 0.2) is 13.5 Å². The largest absolute Gasteiger partial charge is 0.463 e. The summed E-state index contributed by atoms with van der Waals surface area (Å²) in [7, 11) is -1.99. The van der Waals surface area contributed by atoms with Crippen molar-refractivity contribution in [1.29, 1.82) is 0 Å². The smallest absolute Gasteiger partial charge is 0.330 e. The summed E-state index contributed by atoms with van der Waals surface area (Å²) in [5.74, 6) is -0.395. The number of halogens is 1. The summed E-state index contributed by atoms with van der Waals surface area (Å²) in [6.45, 7) is 15.4. The van der Waals surface area contributed by atoms with Gasteiger partial charge in [-0.25, -0.2) is 14.8 Å². The number of hydrogen-bond donors (Lipinski definition) is 0. The molecular formula is C19H31ClN2O3SSi. The Morgan fingerprint density at radius 3 is 2.44 bits per heavy atom. The quantitative estimate of drug-likeness (QED) is 0.140. The summed E-state index contributed by atoms with van der Waals surface area (Å²) in [6, 6.07) is 0. The Bertz CT molecular complexity index is 692. The molecule has 0 spiro atoms. The molecule has 0 bridgehead atoms. The van der Waals surface area contributed by atoms with Crippen LogP contribution in [0.1, 0.15) is 40.2 Å². The first kappa shape index (κ1) is 24.1. The lowest BCUT2D eigenvalue weighted by atomic mass is 9.84. The van der Waals surface area contributed by atoms with Gasteiger partial charge in [0.25, 0.3) is 0 Å². The molecule has 1 unspecified atom stereocenters. The van der Waals surface area contributed by atoms with Crippen LogP contribution < -0.4 is 0 Å². The Labute approximate surface area is 173 Å². The Hall–Kier alpha value is -0.893. The predicted octanol–water partition coefficient (Wildman–Crippen LogP) is 5.25. The first-order valence-corrected chi connectivity index (χ1v) is 13.4. The molecule has 152 valence electrons. The molecule has 5 nitrogen and oxygen atoms in total. The van der Waals surface area contributed by atoms with E-state index in [1.54, 1.807) is 19.2 Å². The molecule has 0 aliphatic rings. The third kappa shape index (κ3) is 6.59. The summed E-state index contributed by atoms with van der Waals surface area (Å²) in [6.07, 6.45) is 6.82. The zero-order valence-corrected chi connectivity index (χ0v) is 20.1. The number of nitrogens with zero attached hydrogens (tertiary/aromatic N) is 2. The van der Waals surface area contributed by atoms with Gasteiger partial charge in [-0.15, -0.1) is 0 Å². The zero-order chi connectivity index (χ0) is 20.9. The number of rotatable bonds is 8. The SMILES string of the molecule is CCOC(=O)/C=C/C(C)(CO[Si](C)(C)C(C)(C)C)c1cnc(SC)nc1Cl. The number of aromatic nitrogens is 2. The summed E-state index contributed by atoms with van der Waals surface area (Å²) in [5.41, 5.74) is 0.0669. The van der Waals surface area contributed by atoms with Gasteiger partial charge < -0.3 is 9.16 Å². The van der Waals surface area contributed by atoms with E-state index in [-0.39, 0.29) is 5.04 Å². The minimum Gasteiger partial charge on any atom is -0.463 e. The lowest BCUT2D eigenvalue weighted by Crippen LogP contribution is -2.44. The summed E-state index contributed by atoms with van der Waals surface area (Å²) in [4.78, 5) is 20.5. The summed E-state index contributed by atoms with van der Waals surface area (Å²) in [5, 5.41) is 1.04. The zero-order valence-electron chi connectivity index (χ0n) is 17.6. The first-order valence-electron chi connectivity index (χ1n) is 8.93. The van der Waals surface area contributed by atoms with Crippen molar-refractivity contribution in [2.24, 2.45) is 0 Å². The number of hydrogen-bond acceptors (Lipinski definition) is 6. The van der Waals surface area contributed by atoms with Crippen LogP contribution in [-0.2, 0) is 19.4 Å². The van der Waals surface area contributed by atoms with E-state index in [0.717, 1.165) is 5.56 Å². The molecule has 27 heavy (non-hydrogen) atoms. The van der Waals surface area contributed by atoms with Crippen LogP contribution in [-0.4, -0.2) is 43.7 Å². The van der Waals surface area contributed by atoms with Crippen molar-refractivity contribution in [3.05, 3.63) is 29.1 Å². The number of ether oxygens (including phenoxy) is 1. The molecule has 1 heterocycles. The summed E-state index contributed by atoms with van der Waals surface area (Å²) < 4.78 is 11.4. The fraction of sp³-hybridized carbons (Fsp3) is 0.632. The normalized spacial score (nSPS) is 15.0. The Morgan fingerprint density at radius 2 is 1.96 bits per heavy atom. The molecule has 0 fully saturated rings. The first-order chi connectivity index (χ1) is 12.4. The average Bonchev–Trinajstić information content (AvgIpc) is 2.57. The lowest BCUT2D eigenvalue weighted by molar-refractivity contribution is -0.137. The van der Waals surface area contributed by atoms with Crippen molar-refractivity contribution in [2.45, 2.75) is 63.3 Å². The van der Waals surface area contributed by atoms with E-state index < -0.39 is 19.7 Å². The highest BCUT2D eigenvalue weighted by Crippen LogP contribution is 2.39. The van der Waals surface area contributed by atoms with Crippen molar-refractivity contribution >= 4 is 37.6 Å². The maximum atomic E-state index is 11.9. The number of esters is 1. The van der Waals surface area contributed by atoms with Crippen LogP contribution in [0.2, 0.25) is 23.3 Å². The molecule has 1 atom stereocenters. The molecule has 0 saturated carbocycles. The lowest BCUT2D eigenvalue weighted by Gasteiger charge is -2.39. The molecule has 1 aromatic rings. The molecule has 0 saturated heterocycles. The van der Waals surface area contributed by atoms with Crippen LogP contribution in [0, 0.1) is 0 Å². The minimum absolute atomic E-state index is 0.0712. The van der Waals surface area contributed by atoms with Crippen molar-refractivity contribution < 1.29 is 14.0 Å². The van der Waals surface area contributed by atoms with Gasteiger partial charge in [-0.2, -0.15) is 0 Å². The third-order valence-electron chi connectivity index (χ3n) is 4.93. The van der Waals surface area contributed by atoms with Crippen LogP contribution in [0.5, 0.6) is 0 Å². The molecule has 1 rings (SSSR count). The van der Waals surface area contributed by atoms with Crippen LogP contribution in [0.4, 0.5) is 0 Å². The fourth-order valence-corrected chi connectivity index (χ4v) is 3.86. The second-order valence-electron chi connectivity index (χ2n) is 8.11.